The summed E-state index contributed by atoms with van der Waals surface area (Å²) in [5.41, 5.74) is 0.0919. The van der Waals surface area contributed by atoms with Crippen molar-refractivity contribution < 1.29 is 22.7 Å². The fourth-order valence-electron chi connectivity index (χ4n) is 2.40. The summed E-state index contributed by atoms with van der Waals surface area (Å²) in [6.07, 6.45) is 0. The monoisotopic (exact) mass is 417 g/mol. The summed E-state index contributed by atoms with van der Waals surface area (Å²) in [5, 5.41) is 11.5. The van der Waals surface area contributed by atoms with Crippen LogP contribution in [-0.4, -0.2) is 33.6 Å². The molecule has 0 bridgehead atoms. The van der Waals surface area contributed by atoms with Crippen LogP contribution in [0.3, 0.4) is 0 Å². The maximum Gasteiger partial charge on any atom is 0.262 e. The highest BCUT2D eigenvalue weighted by Gasteiger charge is 2.22. The molecule has 0 aliphatic rings. The van der Waals surface area contributed by atoms with E-state index < -0.39 is 21.5 Å². The molecule has 2 rings (SSSR count). The molecule has 0 atom stereocenters. The van der Waals surface area contributed by atoms with E-state index in [1.165, 1.54) is 37.4 Å². The third-order valence-electron chi connectivity index (χ3n) is 3.52. The lowest BCUT2D eigenvalue weighted by molar-refractivity contribution is -0.118. The van der Waals surface area contributed by atoms with Gasteiger partial charge in [-0.25, -0.2) is 13.1 Å². The minimum Gasteiger partial charge on any atom is -0.493 e. The standard InChI is InChI=1S/C20H23N3O5S/c1-20(2,3)23-29(25,26)16-7-5-6-15(11-16)22-19(24)13-28-17-9-8-14(12-21)10-18(17)27-4/h5-11,23H,13H2,1-4H3,(H,22,24). The van der Waals surface area contributed by atoms with Gasteiger partial charge in [-0.15, -0.1) is 0 Å². The Hall–Kier alpha value is -3.09. The number of methoxy groups -OCH3 is 1. The van der Waals surface area contributed by atoms with Gasteiger partial charge < -0.3 is 14.8 Å². The number of carbonyl (C=O) groups is 1. The second-order valence-electron chi connectivity index (χ2n) is 7.20. The Kier molecular flexibility index (Phi) is 6.84. The van der Waals surface area contributed by atoms with E-state index in [0.717, 1.165) is 0 Å². The molecule has 0 saturated carbocycles. The molecule has 2 aromatic rings. The zero-order chi connectivity index (χ0) is 21.7. The SMILES string of the molecule is COc1cc(C#N)ccc1OCC(=O)Nc1cccc(S(=O)(=O)NC(C)(C)C)c1. The number of hydrogen-bond donors (Lipinski definition) is 2. The summed E-state index contributed by atoms with van der Waals surface area (Å²) in [5.74, 6) is 0.167. The predicted molar refractivity (Wildman–Crippen MR) is 108 cm³/mol. The molecule has 154 valence electrons. The molecule has 0 aliphatic carbocycles. The van der Waals surface area contributed by atoms with Gasteiger partial charge in [-0.05, 0) is 51.1 Å². The van der Waals surface area contributed by atoms with Crippen LogP contribution in [0.2, 0.25) is 0 Å². The van der Waals surface area contributed by atoms with Crippen LogP contribution in [0.1, 0.15) is 26.3 Å². The second-order valence-corrected chi connectivity index (χ2v) is 8.88. The first-order chi connectivity index (χ1) is 13.5. The Morgan fingerprint density at radius 1 is 1.14 bits per heavy atom. The zero-order valence-electron chi connectivity index (χ0n) is 16.6. The molecule has 0 heterocycles. The maximum atomic E-state index is 12.4. The first-order valence-corrected chi connectivity index (χ1v) is 10.2. The van der Waals surface area contributed by atoms with Gasteiger partial charge in [0.15, 0.2) is 18.1 Å². The molecule has 0 radical (unpaired) electrons. The van der Waals surface area contributed by atoms with Crippen molar-refractivity contribution in [3.8, 4) is 17.6 Å². The Morgan fingerprint density at radius 3 is 2.48 bits per heavy atom. The Bertz CT molecular complexity index is 1040. The third-order valence-corrected chi connectivity index (χ3v) is 5.28. The van der Waals surface area contributed by atoms with Crippen LogP contribution in [0, 0.1) is 11.3 Å². The molecular weight excluding hydrogens is 394 g/mol. The van der Waals surface area contributed by atoms with E-state index in [2.05, 4.69) is 10.0 Å². The van der Waals surface area contributed by atoms with Crippen molar-refractivity contribution in [2.75, 3.05) is 19.0 Å². The average Bonchev–Trinajstić information content (AvgIpc) is 2.64. The highest BCUT2D eigenvalue weighted by atomic mass is 32.2. The largest absolute Gasteiger partial charge is 0.493 e. The van der Waals surface area contributed by atoms with E-state index in [4.69, 9.17) is 14.7 Å². The molecule has 0 saturated heterocycles. The summed E-state index contributed by atoms with van der Waals surface area (Å²) < 4.78 is 38.0. The molecule has 0 spiro atoms. The van der Waals surface area contributed by atoms with Crippen molar-refractivity contribution in [3.63, 3.8) is 0 Å². The van der Waals surface area contributed by atoms with E-state index in [0.29, 0.717) is 22.7 Å². The summed E-state index contributed by atoms with van der Waals surface area (Å²) in [6, 6.07) is 12.5. The van der Waals surface area contributed by atoms with Crippen molar-refractivity contribution >= 4 is 21.6 Å². The van der Waals surface area contributed by atoms with Crippen LogP contribution in [-0.2, 0) is 14.8 Å². The summed E-state index contributed by atoms with van der Waals surface area (Å²) in [6.45, 7) is 4.90. The van der Waals surface area contributed by atoms with Crippen molar-refractivity contribution in [3.05, 3.63) is 48.0 Å². The van der Waals surface area contributed by atoms with Gasteiger partial charge in [0.25, 0.3) is 5.91 Å². The maximum absolute atomic E-state index is 12.4. The van der Waals surface area contributed by atoms with E-state index in [-0.39, 0.29) is 11.5 Å². The van der Waals surface area contributed by atoms with Gasteiger partial charge in [-0.2, -0.15) is 5.26 Å². The van der Waals surface area contributed by atoms with Crippen molar-refractivity contribution in [1.29, 1.82) is 5.26 Å². The molecular formula is C20H23N3O5S. The van der Waals surface area contributed by atoms with Gasteiger partial charge in [0.05, 0.1) is 23.6 Å². The van der Waals surface area contributed by atoms with Crippen LogP contribution in [0.15, 0.2) is 47.4 Å². The number of nitrogens with one attached hydrogen (secondary N) is 2. The van der Waals surface area contributed by atoms with E-state index >= 15 is 0 Å². The van der Waals surface area contributed by atoms with Crippen LogP contribution in [0.25, 0.3) is 0 Å². The lowest BCUT2D eigenvalue weighted by Gasteiger charge is -2.20. The molecule has 0 aromatic heterocycles. The first-order valence-electron chi connectivity index (χ1n) is 8.69. The number of rotatable bonds is 7. The van der Waals surface area contributed by atoms with Gasteiger partial charge >= 0.3 is 0 Å². The van der Waals surface area contributed by atoms with Crippen LogP contribution >= 0.6 is 0 Å². The van der Waals surface area contributed by atoms with Crippen LogP contribution < -0.4 is 19.5 Å². The summed E-state index contributed by atoms with van der Waals surface area (Å²) in [7, 11) is -2.29. The lowest BCUT2D eigenvalue weighted by Crippen LogP contribution is -2.40. The second kappa shape index (κ2) is 8.94. The fourth-order valence-corrected chi connectivity index (χ4v) is 3.86. The van der Waals surface area contributed by atoms with Crippen molar-refractivity contribution in [1.82, 2.24) is 4.72 Å². The molecule has 29 heavy (non-hydrogen) atoms. The molecule has 1 amide bonds. The first kappa shape index (κ1) is 22.2. The molecule has 9 heteroatoms. The van der Waals surface area contributed by atoms with Gasteiger partial charge in [0.2, 0.25) is 10.0 Å². The van der Waals surface area contributed by atoms with Crippen LogP contribution in [0.4, 0.5) is 5.69 Å². The van der Waals surface area contributed by atoms with E-state index in [1.807, 2.05) is 6.07 Å². The van der Waals surface area contributed by atoms with Crippen molar-refractivity contribution in [2.24, 2.45) is 0 Å². The average molecular weight is 417 g/mol. The minimum absolute atomic E-state index is 0.0416. The van der Waals surface area contributed by atoms with Gasteiger partial charge in [0.1, 0.15) is 0 Å². The number of sulfonamides is 1. The number of amides is 1. The number of carbonyl (C=O) groups excluding carboxylic acids is 1. The van der Waals surface area contributed by atoms with E-state index in [9.17, 15) is 13.2 Å². The molecule has 0 aliphatic heterocycles. The minimum atomic E-state index is -3.72. The Labute approximate surface area is 170 Å². The summed E-state index contributed by atoms with van der Waals surface area (Å²) in [4.78, 5) is 12.2. The Balaban J connectivity index is 2.06. The molecule has 2 N–H and O–H groups in total. The number of nitrogens with zero attached hydrogens (tertiary/aromatic N) is 1. The number of anilines is 1. The van der Waals surface area contributed by atoms with E-state index in [1.54, 1.807) is 32.9 Å². The molecule has 8 nitrogen and oxygen atoms in total. The lowest BCUT2D eigenvalue weighted by atomic mass is 10.1. The smallest absolute Gasteiger partial charge is 0.262 e. The highest BCUT2D eigenvalue weighted by molar-refractivity contribution is 7.89. The molecule has 0 unspecified atom stereocenters. The number of hydrogen-bond acceptors (Lipinski definition) is 6. The molecule has 2 aromatic carbocycles. The predicted octanol–water partition coefficient (Wildman–Crippen LogP) is 2.66. The van der Waals surface area contributed by atoms with Gasteiger partial charge in [-0.1, -0.05) is 6.07 Å². The topological polar surface area (TPSA) is 118 Å². The van der Waals surface area contributed by atoms with Crippen LogP contribution in [0.5, 0.6) is 11.5 Å². The highest BCUT2D eigenvalue weighted by Crippen LogP contribution is 2.27. The summed E-state index contributed by atoms with van der Waals surface area (Å²) >= 11 is 0. The number of ether oxygens (including phenoxy) is 2. The number of benzene rings is 2. The van der Waals surface area contributed by atoms with Gasteiger partial charge in [0, 0.05) is 17.3 Å². The third kappa shape index (κ3) is 6.48. The zero-order valence-corrected chi connectivity index (χ0v) is 17.5. The normalized spacial score (nSPS) is 11.4. The van der Waals surface area contributed by atoms with Gasteiger partial charge in [-0.3, -0.25) is 4.79 Å². The van der Waals surface area contributed by atoms with Crippen molar-refractivity contribution in [2.45, 2.75) is 31.2 Å². The quantitative estimate of drug-likeness (QED) is 0.715. The number of nitriles is 1. The Morgan fingerprint density at radius 2 is 1.86 bits per heavy atom. The molecule has 0 fully saturated rings. The fraction of sp³-hybridized carbons (Fsp3) is 0.300.